The average molecular weight is 640 g/mol. The fraction of sp³-hybridized carbons (Fsp3) is 0.250. The molecule has 8 nitrogen and oxygen atoms in total. The fourth-order valence-electron chi connectivity index (χ4n) is 2.23. The minimum absolute atomic E-state index is 0.0616. The summed E-state index contributed by atoms with van der Waals surface area (Å²) < 4.78 is 11.4. The molecule has 2 aromatic carbocycles. The van der Waals surface area contributed by atoms with Gasteiger partial charge in [0.15, 0.2) is 0 Å². The third kappa shape index (κ3) is 7.97. The van der Waals surface area contributed by atoms with Crippen LogP contribution in [0, 0.1) is 0 Å². The molecular weight excluding hydrogens is 618 g/mol. The number of aromatic carboxylic acids is 1. The van der Waals surface area contributed by atoms with Gasteiger partial charge >= 0.3 is 17.9 Å². The van der Waals surface area contributed by atoms with Gasteiger partial charge in [-0.1, -0.05) is 63.4 Å². The molecule has 2 rings (SSSR count). The lowest BCUT2D eigenvalue weighted by atomic mass is 10.1. The van der Waals surface area contributed by atoms with Gasteiger partial charge in [0.1, 0.15) is 13.2 Å². The van der Waals surface area contributed by atoms with Crippen LogP contribution in [0.3, 0.4) is 0 Å². The second-order valence-corrected chi connectivity index (χ2v) is 7.67. The van der Waals surface area contributed by atoms with E-state index in [-0.39, 0.29) is 29.4 Å². The van der Waals surface area contributed by atoms with Crippen molar-refractivity contribution in [1.82, 2.24) is 0 Å². The van der Waals surface area contributed by atoms with Gasteiger partial charge in [0.2, 0.25) is 0 Å². The van der Waals surface area contributed by atoms with Crippen LogP contribution >= 0.6 is 45.2 Å². The summed E-state index contributed by atoms with van der Waals surface area (Å²) in [6.07, 6.45) is 0. The zero-order valence-corrected chi connectivity index (χ0v) is 20.5. The third-order valence-corrected chi connectivity index (χ3v) is 4.47. The molecule has 10 heteroatoms. The molecule has 30 heavy (non-hydrogen) atoms. The Morgan fingerprint density at radius 1 is 0.900 bits per heavy atom. The number of benzene rings is 2. The van der Waals surface area contributed by atoms with Crippen LogP contribution < -0.4 is 11.1 Å². The van der Waals surface area contributed by atoms with Crippen molar-refractivity contribution in [1.29, 1.82) is 0 Å². The van der Waals surface area contributed by atoms with Gasteiger partial charge in [-0.05, 0) is 24.3 Å². The van der Waals surface area contributed by atoms with Crippen molar-refractivity contribution in [3.8, 4) is 0 Å². The van der Waals surface area contributed by atoms with Gasteiger partial charge in [-0.15, -0.1) is 0 Å². The number of para-hydroxylation sites is 2. The molecule has 0 saturated heterocycles. The highest BCUT2D eigenvalue weighted by atomic mass is 127. The Balaban J connectivity index is 0.000000303. The number of nitrogen functional groups attached to an aromatic ring is 1. The number of nitrogens with two attached hydrogens (primary N) is 1. The van der Waals surface area contributed by atoms with E-state index in [9.17, 15) is 14.4 Å². The van der Waals surface area contributed by atoms with Crippen LogP contribution in [0.5, 0.6) is 0 Å². The molecule has 0 radical (unpaired) electrons. The van der Waals surface area contributed by atoms with Gasteiger partial charge < -0.3 is 25.6 Å². The number of carboxylic acid groups (broad SMARTS) is 1. The first-order valence-electron chi connectivity index (χ1n) is 8.72. The van der Waals surface area contributed by atoms with Crippen LogP contribution in [0.15, 0.2) is 42.5 Å². The van der Waals surface area contributed by atoms with Crippen molar-refractivity contribution in [3.05, 3.63) is 59.2 Å². The standard InChI is InChI=1S/C10H10INO4.C10H12INO2/c11-4-5-16-10(15)7-3-1-2-6(8(7)12)9(13)14;1-12-9-5-3-2-4-8(9)10(13)14-7-6-11/h1-3H,4-5,12H2,(H,13,14);2-5,12H,6-7H2,1H3. The molecule has 2 aromatic rings. The largest absolute Gasteiger partial charge is 0.478 e. The Kier molecular flexibility index (Phi) is 12.1. The molecule has 0 saturated carbocycles. The summed E-state index contributed by atoms with van der Waals surface area (Å²) in [5.41, 5.74) is 6.89. The minimum Gasteiger partial charge on any atom is -0.478 e. The number of hydrogen-bond donors (Lipinski definition) is 3. The van der Waals surface area contributed by atoms with Gasteiger partial charge in [-0.3, -0.25) is 0 Å². The van der Waals surface area contributed by atoms with Gasteiger partial charge in [0, 0.05) is 21.6 Å². The van der Waals surface area contributed by atoms with Crippen LogP contribution in [-0.4, -0.2) is 52.1 Å². The normalized spacial score (nSPS) is 9.70. The number of alkyl halides is 2. The second kappa shape index (κ2) is 14.0. The summed E-state index contributed by atoms with van der Waals surface area (Å²) >= 11 is 4.23. The summed E-state index contributed by atoms with van der Waals surface area (Å²) in [5, 5.41) is 11.8. The number of rotatable bonds is 8. The molecule has 0 bridgehead atoms. The van der Waals surface area contributed by atoms with Crippen molar-refractivity contribution >= 4 is 74.5 Å². The highest BCUT2D eigenvalue weighted by Gasteiger charge is 2.16. The molecule has 0 aliphatic rings. The van der Waals surface area contributed by atoms with E-state index in [1.54, 1.807) is 13.1 Å². The quantitative estimate of drug-likeness (QED) is 0.172. The number of carbonyl (C=O) groups excluding carboxylic acids is 2. The summed E-state index contributed by atoms with van der Waals surface area (Å²) in [7, 11) is 1.78. The highest BCUT2D eigenvalue weighted by Crippen LogP contribution is 2.18. The Morgan fingerprint density at radius 3 is 1.93 bits per heavy atom. The van der Waals surface area contributed by atoms with E-state index in [1.807, 2.05) is 18.2 Å². The number of ether oxygens (including phenoxy) is 2. The maximum Gasteiger partial charge on any atom is 0.340 e. The molecule has 0 aromatic heterocycles. The lowest BCUT2D eigenvalue weighted by molar-refractivity contribution is 0.0524. The molecule has 0 atom stereocenters. The third-order valence-electron chi connectivity index (χ3n) is 3.59. The van der Waals surface area contributed by atoms with Gasteiger partial charge in [0.25, 0.3) is 0 Å². The number of esters is 2. The summed E-state index contributed by atoms with van der Waals surface area (Å²) in [4.78, 5) is 33.8. The summed E-state index contributed by atoms with van der Waals surface area (Å²) in [6.45, 7) is 0.730. The molecule has 0 unspecified atom stereocenters. The maximum atomic E-state index is 11.5. The van der Waals surface area contributed by atoms with E-state index in [4.69, 9.17) is 20.3 Å². The Hall–Kier alpha value is -2.09. The van der Waals surface area contributed by atoms with Crippen molar-refractivity contribution in [3.63, 3.8) is 0 Å². The maximum absolute atomic E-state index is 11.5. The molecule has 0 amide bonds. The molecular formula is C20H22I2N2O6. The molecule has 0 aliphatic carbocycles. The first kappa shape index (κ1) is 25.9. The first-order valence-corrected chi connectivity index (χ1v) is 11.8. The number of carboxylic acids is 1. The monoisotopic (exact) mass is 640 g/mol. The molecule has 0 aliphatic heterocycles. The van der Waals surface area contributed by atoms with E-state index < -0.39 is 11.9 Å². The number of nitrogens with one attached hydrogen (secondary N) is 1. The Labute approximate surface area is 201 Å². The smallest absolute Gasteiger partial charge is 0.340 e. The fourth-order valence-corrected chi connectivity index (χ4v) is 2.67. The summed E-state index contributed by atoms with van der Waals surface area (Å²) in [6, 6.07) is 11.5. The van der Waals surface area contributed by atoms with Crippen molar-refractivity contribution < 1.29 is 29.0 Å². The zero-order chi connectivity index (χ0) is 22.5. The minimum atomic E-state index is -1.17. The SMILES string of the molecule is CNc1ccccc1C(=O)OCCI.Nc1c(C(=O)O)cccc1C(=O)OCCI. The Morgan fingerprint density at radius 2 is 1.40 bits per heavy atom. The summed E-state index contributed by atoms with van der Waals surface area (Å²) in [5.74, 6) is -2.04. The number of anilines is 2. The van der Waals surface area contributed by atoms with Crippen molar-refractivity contribution in [2.24, 2.45) is 0 Å². The first-order chi connectivity index (χ1) is 14.4. The van der Waals surface area contributed by atoms with E-state index in [0.717, 1.165) is 10.1 Å². The average Bonchev–Trinajstić information content (AvgIpc) is 2.76. The van der Waals surface area contributed by atoms with Crippen LogP contribution in [0.2, 0.25) is 0 Å². The van der Waals surface area contributed by atoms with Crippen LogP contribution in [0.1, 0.15) is 31.1 Å². The number of carbonyl (C=O) groups is 3. The molecule has 4 N–H and O–H groups in total. The predicted octanol–water partition coefficient (Wildman–Crippen LogP) is 3.88. The zero-order valence-electron chi connectivity index (χ0n) is 16.2. The molecule has 0 spiro atoms. The van der Waals surface area contributed by atoms with E-state index in [0.29, 0.717) is 16.6 Å². The van der Waals surface area contributed by atoms with Crippen LogP contribution in [0.25, 0.3) is 0 Å². The predicted molar refractivity (Wildman–Crippen MR) is 132 cm³/mol. The van der Waals surface area contributed by atoms with Crippen molar-refractivity contribution in [2.75, 3.05) is 40.2 Å². The topological polar surface area (TPSA) is 128 Å². The van der Waals surface area contributed by atoms with Crippen LogP contribution in [-0.2, 0) is 9.47 Å². The number of halogens is 2. The van der Waals surface area contributed by atoms with Crippen LogP contribution in [0.4, 0.5) is 11.4 Å². The molecule has 0 heterocycles. The number of hydrogen-bond acceptors (Lipinski definition) is 7. The van der Waals surface area contributed by atoms with E-state index >= 15 is 0 Å². The van der Waals surface area contributed by atoms with Gasteiger partial charge in [-0.2, -0.15) is 0 Å². The molecule has 0 fully saturated rings. The lowest BCUT2D eigenvalue weighted by Gasteiger charge is -2.07. The van der Waals surface area contributed by atoms with E-state index in [2.05, 4.69) is 50.5 Å². The van der Waals surface area contributed by atoms with Gasteiger partial charge in [-0.25, -0.2) is 14.4 Å². The lowest BCUT2D eigenvalue weighted by Crippen LogP contribution is -2.12. The van der Waals surface area contributed by atoms with Crippen molar-refractivity contribution in [2.45, 2.75) is 0 Å². The highest BCUT2D eigenvalue weighted by molar-refractivity contribution is 14.1. The Bertz CT molecular complexity index is 876. The van der Waals surface area contributed by atoms with Gasteiger partial charge in [0.05, 0.1) is 22.4 Å². The second-order valence-electron chi connectivity index (χ2n) is 5.52. The molecule has 162 valence electrons. The van der Waals surface area contributed by atoms with E-state index in [1.165, 1.54) is 18.2 Å².